The first kappa shape index (κ1) is 25.3. The lowest BCUT2D eigenvalue weighted by Gasteiger charge is -2.29. The van der Waals surface area contributed by atoms with Gasteiger partial charge in [0.05, 0.1) is 10.4 Å². The Kier molecular flexibility index (Phi) is 7.56. The number of rotatable bonds is 8. The number of sulfonamides is 1. The van der Waals surface area contributed by atoms with Crippen LogP contribution in [-0.4, -0.2) is 37.0 Å². The van der Waals surface area contributed by atoms with Gasteiger partial charge in [0.2, 0.25) is 16.0 Å². The quantitative estimate of drug-likeness (QED) is 0.395. The van der Waals surface area contributed by atoms with Crippen molar-refractivity contribution in [2.24, 2.45) is 11.8 Å². The molecule has 1 aliphatic rings. The third kappa shape index (κ3) is 6.89. The minimum atomic E-state index is -3.62. The van der Waals surface area contributed by atoms with E-state index in [9.17, 15) is 12.8 Å². The molecule has 9 heteroatoms. The van der Waals surface area contributed by atoms with Gasteiger partial charge in [0.15, 0.2) is 0 Å². The molecule has 35 heavy (non-hydrogen) atoms. The van der Waals surface area contributed by atoms with E-state index >= 15 is 0 Å². The Hall–Kier alpha value is -2.78. The number of hydrogen-bond donors (Lipinski definition) is 3. The number of hydrogen-bond acceptors (Lipinski definition) is 6. The summed E-state index contributed by atoms with van der Waals surface area (Å²) in [5, 5.41) is 7.91. The Labute approximate surface area is 207 Å². The SMILES string of the molecule is CC(C)(C)Nc1nc(NCC2CCC(CNS(=O)(=O)c3ccc(F)cc3)CC2)nc2ccccc12. The van der Waals surface area contributed by atoms with Crippen molar-refractivity contribution >= 4 is 32.7 Å². The van der Waals surface area contributed by atoms with Gasteiger partial charge in [0.25, 0.3) is 0 Å². The van der Waals surface area contributed by atoms with E-state index in [4.69, 9.17) is 9.97 Å². The van der Waals surface area contributed by atoms with E-state index in [0.717, 1.165) is 61.1 Å². The molecule has 7 nitrogen and oxygen atoms in total. The monoisotopic (exact) mass is 499 g/mol. The molecule has 1 saturated carbocycles. The molecule has 1 fully saturated rings. The highest BCUT2D eigenvalue weighted by atomic mass is 32.2. The van der Waals surface area contributed by atoms with Gasteiger partial charge in [-0.05, 0) is 94.7 Å². The van der Waals surface area contributed by atoms with Crippen LogP contribution < -0.4 is 15.4 Å². The Morgan fingerprint density at radius 2 is 1.54 bits per heavy atom. The Balaban J connectivity index is 1.30. The van der Waals surface area contributed by atoms with Gasteiger partial charge in [-0.15, -0.1) is 0 Å². The molecule has 0 atom stereocenters. The zero-order valence-corrected chi connectivity index (χ0v) is 21.3. The summed E-state index contributed by atoms with van der Waals surface area (Å²) in [4.78, 5) is 9.53. The van der Waals surface area contributed by atoms with Gasteiger partial charge in [-0.3, -0.25) is 0 Å². The minimum absolute atomic E-state index is 0.0903. The summed E-state index contributed by atoms with van der Waals surface area (Å²) in [6.45, 7) is 7.50. The Bertz CT molecular complexity index is 1250. The van der Waals surface area contributed by atoms with Crippen LogP contribution in [0.4, 0.5) is 16.2 Å². The molecule has 1 heterocycles. The average Bonchev–Trinajstić information content (AvgIpc) is 2.81. The summed E-state index contributed by atoms with van der Waals surface area (Å²) >= 11 is 0. The van der Waals surface area contributed by atoms with Gasteiger partial charge >= 0.3 is 0 Å². The van der Waals surface area contributed by atoms with Crippen molar-refractivity contribution < 1.29 is 12.8 Å². The second kappa shape index (κ2) is 10.5. The van der Waals surface area contributed by atoms with Crippen molar-refractivity contribution in [1.82, 2.24) is 14.7 Å². The molecule has 0 unspecified atom stereocenters. The number of fused-ring (bicyclic) bond motifs is 1. The standard InChI is InChI=1S/C26H34FN5O2S/c1-26(2,3)32-24-22-6-4-5-7-23(22)30-25(31-24)28-16-18-8-10-19(11-9-18)17-29-35(33,34)21-14-12-20(27)13-15-21/h4-7,12-15,18-19,29H,8-11,16-17H2,1-3H3,(H2,28,30,31,32). The second-order valence-electron chi connectivity index (χ2n) is 10.4. The average molecular weight is 500 g/mol. The number of anilines is 2. The highest BCUT2D eigenvalue weighted by Crippen LogP contribution is 2.30. The van der Waals surface area contributed by atoms with Crippen LogP contribution in [0.1, 0.15) is 46.5 Å². The second-order valence-corrected chi connectivity index (χ2v) is 12.1. The Morgan fingerprint density at radius 3 is 2.20 bits per heavy atom. The van der Waals surface area contributed by atoms with E-state index in [0.29, 0.717) is 24.3 Å². The molecular formula is C26H34FN5O2S. The lowest BCUT2D eigenvalue weighted by Crippen LogP contribution is -2.32. The Morgan fingerprint density at radius 1 is 0.914 bits per heavy atom. The van der Waals surface area contributed by atoms with Crippen molar-refractivity contribution in [2.45, 2.75) is 56.9 Å². The zero-order chi connectivity index (χ0) is 25.1. The van der Waals surface area contributed by atoms with Crippen LogP contribution >= 0.6 is 0 Å². The normalized spacial score (nSPS) is 19.0. The molecular weight excluding hydrogens is 465 g/mol. The molecule has 0 aliphatic heterocycles. The molecule has 0 radical (unpaired) electrons. The fraction of sp³-hybridized carbons (Fsp3) is 0.462. The maximum Gasteiger partial charge on any atom is 0.240 e. The van der Waals surface area contributed by atoms with Crippen molar-refractivity contribution in [3.63, 3.8) is 0 Å². The molecule has 0 spiro atoms. The summed E-state index contributed by atoms with van der Waals surface area (Å²) < 4.78 is 40.7. The van der Waals surface area contributed by atoms with E-state index in [1.165, 1.54) is 12.1 Å². The van der Waals surface area contributed by atoms with Crippen LogP contribution in [-0.2, 0) is 10.0 Å². The highest BCUT2D eigenvalue weighted by Gasteiger charge is 2.24. The summed E-state index contributed by atoms with van der Waals surface area (Å²) in [6, 6.07) is 12.9. The van der Waals surface area contributed by atoms with Crippen molar-refractivity contribution in [1.29, 1.82) is 0 Å². The molecule has 3 N–H and O–H groups in total. The lowest BCUT2D eigenvalue weighted by atomic mass is 9.82. The van der Waals surface area contributed by atoms with Crippen LogP contribution in [0.2, 0.25) is 0 Å². The minimum Gasteiger partial charge on any atom is -0.365 e. The van der Waals surface area contributed by atoms with Gasteiger partial charge < -0.3 is 10.6 Å². The van der Waals surface area contributed by atoms with Gasteiger partial charge in [0, 0.05) is 24.0 Å². The molecule has 0 saturated heterocycles. The number of benzene rings is 2. The summed E-state index contributed by atoms with van der Waals surface area (Å²) in [5.41, 5.74) is 0.777. The molecule has 3 aromatic rings. The maximum atomic E-state index is 13.1. The van der Waals surface area contributed by atoms with Crippen molar-refractivity contribution in [3.8, 4) is 0 Å². The topological polar surface area (TPSA) is 96.0 Å². The number of para-hydroxylation sites is 1. The van der Waals surface area contributed by atoms with Gasteiger partial charge in [-0.1, -0.05) is 12.1 Å². The first-order chi connectivity index (χ1) is 16.6. The van der Waals surface area contributed by atoms with Crippen LogP contribution in [0, 0.1) is 17.7 Å². The van der Waals surface area contributed by atoms with Crippen LogP contribution in [0.25, 0.3) is 10.9 Å². The van der Waals surface area contributed by atoms with E-state index in [2.05, 4.69) is 36.1 Å². The molecule has 4 rings (SSSR count). The lowest BCUT2D eigenvalue weighted by molar-refractivity contribution is 0.284. The van der Waals surface area contributed by atoms with Crippen molar-refractivity contribution in [3.05, 3.63) is 54.3 Å². The molecule has 0 amide bonds. The predicted octanol–water partition coefficient (Wildman–Crippen LogP) is 5.18. The molecule has 2 aromatic carbocycles. The molecule has 1 aromatic heterocycles. The number of halogens is 1. The van der Waals surface area contributed by atoms with Crippen LogP contribution in [0.15, 0.2) is 53.4 Å². The van der Waals surface area contributed by atoms with Crippen molar-refractivity contribution in [2.75, 3.05) is 23.7 Å². The van der Waals surface area contributed by atoms with Crippen LogP contribution in [0.5, 0.6) is 0 Å². The van der Waals surface area contributed by atoms with Crippen LogP contribution in [0.3, 0.4) is 0 Å². The third-order valence-electron chi connectivity index (χ3n) is 6.30. The number of nitrogens with one attached hydrogen (secondary N) is 3. The number of nitrogens with zero attached hydrogens (tertiary/aromatic N) is 2. The summed E-state index contributed by atoms with van der Waals surface area (Å²) in [6.07, 6.45) is 3.93. The zero-order valence-electron chi connectivity index (χ0n) is 20.5. The third-order valence-corrected chi connectivity index (χ3v) is 7.74. The smallest absolute Gasteiger partial charge is 0.240 e. The fourth-order valence-electron chi connectivity index (χ4n) is 4.41. The fourth-order valence-corrected chi connectivity index (χ4v) is 5.52. The molecule has 1 aliphatic carbocycles. The van der Waals surface area contributed by atoms with E-state index in [-0.39, 0.29) is 10.4 Å². The molecule has 188 valence electrons. The number of aromatic nitrogens is 2. The largest absolute Gasteiger partial charge is 0.365 e. The van der Waals surface area contributed by atoms with E-state index < -0.39 is 15.8 Å². The van der Waals surface area contributed by atoms with Gasteiger partial charge in [-0.2, -0.15) is 4.98 Å². The van der Waals surface area contributed by atoms with E-state index in [1.54, 1.807) is 0 Å². The maximum absolute atomic E-state index is 13.1. The highest BCUT2D eigenvalue weighted by molar-refractivity contribution is 7.89. The van der Waals surface area contributed by atoms with Gasteiger partial charge in [0.1, 0.15) is 11.6 Å². The first-order valence-electron chi connectivity index (χ1n) is 12.1. The summed E-state index contributed by atoms with van der Waals surface area (Å²) in [7, 11) is -3.62. The van der Waals surface area contributed by atoms with E-state index in [1.807, 2.05) is 24.3 Å². The van der Waals surface area contributed by atoms with Gasteiger partial charge in [-0.25, -0.2) is 22.5 Å². The first-order valence-corrected chi connectivity index (χ1v) is 13.6. The summed E-state index contributed by atoms with van der Waals surface area (Å²) in [5.74, 6) is 1.76. The predicted molar refractivity (Wildman–Crippen MR) is 138 cm³/mol. The molecule has 0 bridgehead atoms.